The molecule has 1 saturated heterocycles. The second-order valence-corrected chi connectivity index (χ2v) is 9.30. The zero-order valence-electron chi connectivity index (χ0n) is 11.9. The highest BCUT2D eigenvalue weighted by atomic mass is 32.2. The summed E-state index contributed by atoms with van der Waals surface area (Å²) in [6.45, 7) is 2.64. The van der Waals surface area contributed by atoms with Gasteiger partial charge >= 0.3 is 0 Å². The number of hydrogen-bond acceptors (Lipinski definition) is 6. The van der Waals surface area contributed by atoms with Crippen molar-refractivity contribution < 1.29 is 16.8 Å². The van der Waals surface area contributed by atoms with Crippen LogP contribution in [0.2, 0.25) is 0 Å². The molecule has 0 aromatic carbocycles. The Morgan fingerprint density at radius 1 is 1.29 bits per heavy atom. The number of piperidine rings is 1. The molecule has 118 valence electrons. The summed E-state index contributed by atoms with van der Waals surface area (Å²) in [5.41, 5.74) is 5.89. The van der Waals surface area contributed by atoms with E-state index < -0.39 is 19.9 Å². The van der Waals surface area contributed by atoms with Gasteiger partial charge in [-0.1, -0.05) is 6.92 Å². The van der Waals surface area contributed by atoms with Gasteiger partial charge in [-0.3, -0.25) is 0 Å². The van der Waals surface area contributed by atoms with Crippen LogP contribution in [0.25, 0.3) is 0 Å². The van der Waals surface area contributed by atoms with Gasteiger partial charge < -0.3 is 5.73 Å². The van der Waals surface area contributed by atoms with Gasteiger partial charge in [0.2, 0.25) is 10.0 Å². The number of nitrogens with zero attached hydrogens (tertiary/aromatic N) is 2. The lowest BCUT2D eigenvalue weighted by atomic mass is 9.96. The highest BCUT2D eigenvalue weighted by Gasteiger charge is 2.32. The molecular formula is C12H19N3O4S2. The van der Waals surface area contributed by atoms with Crippen molar-refractivity contribution in [3.8, 4) is 0 Å². The molecule has 1 aliphatic heterocycles. The average molecular weight is 333 g/mol. The molecule has 0 aliphatic carbocycles. The summed E-state index contributed by atoms with van der Waals surface area (Å²) in [6, 6.07) is 2.49. The lowest BCUT2D eigenvalue weighted by molar-refractivity contribution is 0.250. The van der Waals surface area contributed by atoms with Gasteiger partial charge in [-0.25, -0.2) is 21.8 Å². The van der Waals surface area contributed by atoms with E-state index in [4.69, 9.17) is 5.73 Å². The van der Waals surface area contributed by atoms with Crippen molar-refractivity contribution in [2.75, 3.05) is 19.3 Å². The Labute approximate surface area is 125 Å². The number of aromatic nitrogens is 1. The molecule has 1 fully saturated rings. The Kier molecular flexibility index (Phi) is 4.39. The second kappa shape index (κ2) is 5.64. The van der Waals surface area contributed by atoms with Crippen LogP contribution in [0, 0.1) is 5.92 Å². The Morgan fingerprint density at radius 2 is 1.95 bits per heavy atom. The monoisotopic (exact) mass is 333 g/mol. The summed E-state index contributed by atoms with van der Waals surface area (Å²) in [5, 5.41) is -0.143. The molecule has 2 unspecified atom stereocenters. The number of rotatable bonds is 3. The molecule has 21 heavy (non-hydrogen) atoms. The van der Waals surface area contributed by atoms with E-state index in [1.54, 1.807) is 0 Å². The maximum atomic E-state index is 12.5. The van der Waals surface area contributed by atoms with Crippen LogP contribution in [0.3, 0.4) is 0 Å². The molecular weight excluding hydrogens is 314 g/mol. The first-order valence-corrected chi connectivity index (χ1v) is 9.87. The molecule has 2 N–H and O–H groups in total. The molecule has 0 amide bonds. The van der Waals surface area contributed by atoms with Crippen LogP contribution in [0.4, 0.5) is 0 Å². The minimum Gasteiger partial charge on any atom is -0.327 e. The van der Waals surface area contributed by atoms with Crippen LogP contribution < -0.4 is 5.73 Å². The van der Waals surface area contributed by atoms with Gasteiger partial charge in [0.05, 0.1) is 0 Å². The van der Waals surface area contributed by atoms with Gasteiger partial charge in [-0.2, -0.15) is 4.31 Å². The van der Waals surface area contributed by atoms with E-state index in [-0.39, 0.29) is 21.9 Å². The van der Waals surface area contributed by atoms with Crippen LogP contribution in [-0.2, 0) is 19.9 Å². The third-order valence-corrected chi connectivity index (χ3v) is 6.51. The molecule has 2 rings (SSSR count). The smallest absolute Gasteiger partial charge is 0.244 e. The first-order valence-electron chi connectivity index (χ1n) is 6.54. The summed E-state index contributed by atoms with van der Waals surface area (Å²) >= 11 is 0. The fourth-order valence-corrected chi connectivity index (χ4v) is 4.29. The largest absolute Gasteiger partial charge is 0.327 e. The van der Waals surface area contributed by atoms with Crippen molar-refractivity contribution in [2.24, 2.45) is 11.7 Å². The second-order valence-electron chi connectivity index (χ2n) is 5.40. The lowest BCUT2D eigenvalue weighted by Crippen LogP contribution is -2.48. The molecule has 2 heterocycles. The summed E-state index contributed by atoms with van der Waals surface area (Å²) in [7, 11) is -7.10. The quantitative estimate of drug-likeness (QED) is 0.823. The average Bonchev–Trinajstić information content (AvgIpc) is 2.41. The lowest BCUT2D eigenvalue weighted by Gasteiger charge is -2.34. The summed E-state index contributed by atoms with van der Waals surface area (Å²) < 4.78 is 49.0. The SMILES string of the molecule is CC1CN(S(=O)(=O)c2ccc(S(C)(=O)=O)nc2)CCC1N. The summed E-state index contributed by atoms with van der Waals surface area (Å²) in [4.78, 5) is 3.72. The van der Waals surface area contributed by atoms with Gasteiger partial charge in [-0.05, 0) is 24.5 Å². The van der Waals surface area contributed by atoms with Crippen LogP contribution in [0.1, 0.15) is 13.3 Å². The van der Waals surface area contributed by atoms with Gasteiger partial charge in [0.25, 0.3) is 0 Å². The van der Waals surface area contributed by atoms with Crippen molar-refractivity contribution in [3.05, 3.63) is 18.3 Å². The zero-order chi connectivity index (χ0) is 15.8. The molecule has 0 radical (unpaired) electrons. The van der Waals surface area contributed by atoms with Crippen LogP contribution in [-0.4, -0.2) is 51.5 Å². The molecule has 0 saturated carbocycles. The molecule has 2 atom stereocenters. The molecule has 7 nitrogen and oxygen atoms in total. The molecule has 1 aromatic rings. The van der Waals surface area contributed by atoms with Crippen molar-refractivity contribution in [1.29, 1.82) is 0 Å². The van der Waals surface area contributed by atoms with Crippen molar-refractivity contribution in [3.63, 3.8) is 0 Å². The highest BCUT2D eigenvalue weighted by molar-refractivity contribution is 7.90. The first-order chi connectivity index (χ1) is 9.62. The van der Waals surface area contributed by atoms with Crippen molar-refractivity contribution in [2.45, 2.75) is 29.3 Å². The number of sulfonamides is 1. The van der Waals surface area contributed by atoms with Gasteiger partial charge in [0.15, 0.2) is 14.9 Å². The number of nitrogens with two attached hydrogens (primary N) is 1. The Bertz CT molecular complexity index is 713. The van der Waals surface area contributed by atoms with Gasteiger partial charge in [0, 0.05) is 31.6 Å². The standard InChI is InChI=1S/C12H19N3O4S2/c1-9-8-15(6-5-11(9)13)21(18,19)10-3-4-12(14-7-10)20(2,16)17/h3-4,7,9,11H,5-6,8,13H2,1-2H3. The first kappa shape index (κ1) is 16.3. The van der Waals surface area contributed by atoms with E-state index in [1.807, 2.05) is 6.92 Å². The highest BCUT2D eigenvalue weighted by Crippen LogP contribution is 2.23. The van der Waals surface area contributed by atoms with Crippen molar-refractivity contribution in [1.82, 2.24) is 9.29 Å². The van der Waals surface area contributed by atoms with E-state index >= 15 is 0 Å². The Morgan fingerprint density at radius 3 is 2.43 bits per heavy atom. The Balaban J connectivity index is 2.28. The molecule has 1 aromatic heterocycles. The van der Waals surface area contributed by atoms with Crippen LogP contribution >= 0.6 is 0 Å². The molecule has 0 spiro atoms. The van der Waals surface area contributed by atoms with Gasteiger partial charge in [0.1, 0.15) is 4.90 Å². The fraction of sp³-hybridized carbons (Fsp3) is 0.583. The summed E-state index contributed by atoms with van der Waals surface area (Å²) in [6.07, 6.45) is 2.72. The third kappa shape index (κ3) is 3.42. The summed E-state index contributed by atoms with van der Waals surface area (Å²) in [5.74, 6) is 0.0803. The van der Waals surface area contributed by atoms with E-state index in [1.165, 1.54) is 16.4 Å². The van der Waals surface area contributed by atoms with Gasteiger partial charge in [-0.15, -0.1) is 0 Å². The Hall–Kier alpha value is -1.03. The molecule has 1 aliphatic rings. The number of sulfone groups is 1. The predicted molar refractivity (Wildman–Crippen MR) is 77.9 cm³/mol. The zero-order valence-corrected chi connectivity index (χ0v) is 13.6. The third-order valence-electron chi connectivity index (χ3n) is 3.66. The number of pyridine rings is 1. The minimum atomic E-state index is -3.66. The van der Waals surface area contributed by atoms with E-state index in [0.29, 0.717) is 19.5 Å². The topological polar surface area (TPSA) is 110 Å². The maximum Gasteiger partial charge on any atom is 0.244 e. The number of hydrogen-bond donors (Lipinski definition) is 1. The fourth-order valence-electron chi connectivity index (χ4n) is 2.23. The molecule has 9 heteroatoms. The van der Waals surface area contributed by atoms with E-state index in [2.05, 4.69) is 4.98 Å². The maximum absolute atomic E-state index is 12.5. The van der Waals surface area contributed by atoms with Crippen molar-refractivity contribution >= 4 is 19.9 Å². The van der Waals surface area contributed by atoms with E-state index in [9.17, 15) is 16.8 Å². The minimum absolute atomic E-state index is 0.00202. The van der Waals surface area contributed by atoms with Crippen LogP contribution in [0.5, 0.6) is 0 Å². The predicted octanol–water partition coefficient (Wildman–Crippen LogP) is -0.157. The normalized spacial score (nSPS) is 24.9. The molecule has 0 bridgehead atoms. The van der Waals surface area contributed by atoms with Crippen LogP contribution in [0.15, 0.2) is 28.3 Å². The van der Waals surface area contributed by atoms with E-state index in [0.717, 1.165) is 12.5 Å².